The number of anilines is 1. The lowest BCUT2D eigenvalue weighted by Crippen LogP contribution is -2.49. The molecule has 0 saturated heterocycles. The summed E-state index contributed by atoms with van der Waals surface area (Å²) in [6.45, 7) is 6.04. The highest BCUT2D eigenvalue weighted by Crippen LogP contribution is 2.31. The van der Waals surface area contributed by atoms with Crippen LogP contribution in [0.4, 0.5) is 10.1 Å². The van der Waals surface area contributed by atoms with Crippen molar-refractivity contribution in [1.82, 2.24) is 15.3 Å². The molecule has 3 aromatic rings. The van der Waals surface area contributed by atoms with E-state index in [-0.39, 0.29) is 30.0 Å². The van der Waals surface area contributed by atoms with Crippen molar-refractivity contribution in [3.8, 4) is 17.6 Å². The molecule has 0 aliphatic carbocycles. The van der Waals surface area contributed by atoms with Gasteiger partial charge in [0.05, 0.1) is 5.69 Å². The number of nitrogens with zero attached hydrogens (tertiary/aromatic N) is 3. The van der Waals surface area contributed by atoms with E-state index in [1.54, 1.807) is 43.4 Å². The maximum atomic E-state index is 13.9. The molecule has 2 aromatic heterocycles. The first-order valence-corrected chi connectivity index (χ1v) is 11.5. The minimum Gasteiger partial charge on any atom is -0.489 e. The van der Waals surface area contributed by atoms with E-state index in [2.05, 4.69) is 27.1 Å². The molecule has 1 aliphatic heterocycles. The fourth-order valence-corrected chi connectivity index (χ4v) is 3.65. The maximum Gasteiger partial charge on any atom is 0.270 e. The van der Waals surface area contributed by atoms with E-state index in [0.717, 1.165) is 5.56 Å². The Morgan fingerprint density at radius 1 is 1.19 bits per heavy atom. The molecular formula is C28H27FN4O3. The van der Waals surface area contributed by atoms with Gasteiger partial charge in [-0.3, -0.25) is 14.6 Å². The van der Waals surface area contributed by atoms with Gasteiger partial charge in [0, 0.05) is 42.4 Å². The Labute approximate surface area is 209 Å². The fourth-order valence-electron chi connectivity index (χ4n) is 3.65. The van der Waals surface area contributed by atoms with Crippen LogP contribution < -0.4 is 15.0 Å². The van der Waals surface area contributed by atoms with Crippen LogP contribution in [0.2, 0.25) is 0 Å². The molecule has 4 rings (SSSR count). The van der Waals surface area contributed by atoms with Gasteiger partial charge in [0.1, 0.15) is 24.1 Å². The lowest BCUT2D eigenvalue weighted by atomic mass is 9.97. The van der Waals surface area contributed by atoms with Gasteiger partial charge >= 0.3 is 0 Å². The second kappa shape index (κ2) is 10.2. The first kappa shape index (κ1) is 24.9. The van der Waals surface area contributed by atoms with Crippen molar-refractivity contribution in [2.75, 3.05) is 18.6 Å². The van der Waals surface area contributed by atoms with E-state index >= 15 is 0 Å². The van der Waals surface area contributed by atoms with Crippen molar-refractivity contribution in [2.45, 2.75) is 33.2 Å². The molecule has 0 spiro atoms. The van der Waals surface area contributed by atoms with Gasteiger partial charge in [0.2, 0.25) is 5.95 Å². The van der Waals surface area contributed by atoms with Crippen molar-refractivity contribution in [1.29, 1.82) is 0 Å². The van der Waals surface area contributed by atoms with Gasteiger partial charge in [-0.15, -0.1) is 0 Å². The quantitative estimate of drug-likeness (QED) is 0.449. The Kier molecular flexibility index (Phi) is 7.02. The van der Waals surface area contributed by atoms with Crippen LogP contribution >= 0.6 is 0 Å². The van der Waals surface area contributed by atoms with E-state index in [4.69, 9.17) is 4.74 Å². The van der Waals surface area contributed by atoms with Crippen LogP contribution in [-0.2, 0) is 11.2 Å². The van der Waals surface area contributed by atoms with Crippen molar-refractivity contribution in [2.24, 2.45) is 5.41 Å². The maximum absolute atomic E-state index is 13.9. The van der Waals surface area contributed by atoms with Crippen LogP contribution in [0.25, 0.3) is 0 Å². The van der Waals surface area contributed by atoms with Crippen LogP contribution in [0.3, 0.4) is 0 Å². The van der Waals surface area contributed by atoms with Gasteiger partial charge in [0.15, 0.2) is 0 Å². The standard InChI is InChI=1S/C28H27FN4O3/c1-28(2,3)11-9-18-7-8-24-23(16-18)33(4)27(35)22(17-36-24)32-26(34)21-15-19(10-13-30-21)14-20-6-5-12-31-25(20)29/h5-8,10,12-13,15-16,22H,14,17H2,1-4H3,(H,32,34). The number of carbonyl (C=O) groups excluding carboxylic acids is 2. The molecule has 1 N–H and O–H groups in total. The molecule has 8 heteroatoms. The third-order valence-electron chi connectivity index (χ3n) is 5.53. The summed E-state index contributed by atoms with van der Waals surface area (Å²) in [6, 6.07) is 11.1. The highest BCUT2D eigenvalue weighted by molar-refractivity contribution is 6.03. The summed E-state index contributed by atoms with van der Waals surface area (Å²) in [6.07, 6.45) is 3.12. The molecular weight excluding hydrogens is 459 g/mol. The number of hydrogen-bond donors (Lipinski definition) is 1. The summed E-state index contributed by atoms with van der Waals surface area (Å²) in [7, 11) is 1.64. The predicted octanol–water partition coefficient (Wildman–Crippen LogP) is 3.76. The Morgan fingerprint density at radius 2 is 2.00 bits per heavy atom. The smallest absolute Gasteiger partial charge is 0.270 e. The van der Waals surface area contributed by atoms with Crippen LogP contribution in [-0.4, -0.2) is 41.5 Å². The predicted molar refractivity (Wildman–Crippen MR) is 134 cm³/mol. The number of benzene rings is 1. The molecule has 0 radical (unpaired) electrons. The fraction of sp³-hybridized carbons (Fsp3) is 0.286. The number of fused-ring (bicyclic) bond motifs is 1. The average molecular weight is 487 g/mol. The van der Waals surface area contributed by atoms with E-state index < -0.39 is 17.9 Å². The zero-order valence-corrected chi connectivity index (χ0v) is 20.6. The molecule has 3 heterocycles. The molecule has 36 heavy (non-hydrogen) atoms. The van der Waals surface area contributed by atoms with Gasteiger partial charge in [-0.25, -0.2) is 4.98 Å². The van der Waals surface area contributed by atoms with E-state index in [9.17, 15) is 14.0 Å². The highest BCUT2D eigenvalue weighted by atomic mass is 19.1. The number of pyridine rings is 2. The van der Waals surface area contributed by atoms with Crippen molar-refractivity contribution in [3.05, 3.63) is 83.2 Å². The number of aromatic nitrogens is 2. The molecule has 184 valence electrons. The minimum atomic E-state index is -0.916. The van der Waals surface area contributed by atoms with Crippen LogP contribution in [0, 0.1) is 23.2 Å². The van der Waals surface area contributed by atoms with Gasteiger partial charge in [0.25, 0.3) is 11.8 Å². The third-order valence-corrected chi connectivity index (χ3v) is 5.53. The number of hydrogen-bond acceptors (Lipinski definition) is 5. The summed E-state index contributed by atoms with van der Waals surface area (Å²) in [4.78, 5) is 35.4. The Morgan fingerprint density at radius 3 is 2.75 bits per heavy atom. The van der Waals surface area contributed by atoms with Crippen LogP contribution in [0.15, 0.2) is 54.9 Å². The van der Waals surface area contributed by atoms with E-state index in [1.165, 1.54) is 17.3 Å². The zero-order valence-electron chi connectivity index (χ0n) is 20.6. The Bertz CT molecular complexity index is 1370. The van der Waals surface area contributed by atoms with Crippen molar-refractivity contribution >= 4 is 17.5 Å². The summed E-state index contributed by atoms with van der Waals surface area (Å²) in [5.74, 6) is 5.44. The highest BCUT2D eigenvalue weighted by Gasteiger charge is 2.31. The first-order valence-electron chi connectivity index (χ1n) is 11.5. The third kappa shape index (κ3) is 5.87. The lowest BCUT2D eigenvalue weighted by Gasteiger charge is -2.20. The number of halogens is 1. The van der Waals surface area contributed by atoms with Gasteiger partial charge in [-0.05, 0) is 62.7 Å². The largest absolute Gasteiger partial charge is 0.489 e. The molecule has 2 amide bonds. The van der Waals surface area contributed by atoms with Crippen molar-refractivity contribution < 1.29 is 18.7 Å². The van der Waals surface area contributed by atoms with E-state index in [0.29, 0.717) is 22.6 Å². The normalized spacial score (nSPS) is 15.2. The Balaban J connectivity index is 1.49. The molecule has 1 aromatic carbocycles. The monoisotopic (exact) mass is 486 g/mol. The SMILES string of the molecule is CN1C(=O)C(NC(=O)c2cc(Cc3cccnc3F)ccn2)COc2ccc(C#CC(C)(C)C)cc21. The van der Waals surface area contributed by atoms with Gasteiger partial charge in [-0.2, -0.15) is 4.39 Å². The minimum absolute atomic E-state index is 0.0322. The van der Waals surface area contributed by atoms with E-state index in [1.807, 2.05) is 26.8 Å². The number of nitrogens with one attached hydrogen (secondary N) is 1. The number of amides is 2. The molecule has 1 aliphatic rings. The summed E-state index contributed by atoms with van der Waals surface area (Å²) in [5.41, 5.74) is 2.41. The topological polar surface area (TPSA) is 84.4 Å². The second-order valence-corrected chi connectivity index (χ2v) is 9.60. The molecule has 0 fully saturated rings. The lowest BCUT2D eigenvalue weighted by molar-refractivity contribution is -0.120. The van der Waals surface area contributed by atoms with Gasteiger partial charge in [-0.1, -0.05) is 17.9 Å². The van der Waals surface area contributed by atoms with Crippen molar-refractivity contribution in [3.63, 3.8) is 0 Å². The summed E-state index contributed by atoms with van der Waals surface area (Å²) < 4.78 is 19.8. The molecule has 7 nitrogen and oxygen atoms in total. The molecule has 1 unspecified atom stereocenters. The number of carbonyl (C=O) groups is 2. The summed E-state index contributed by atoms with van der Waals surface area (Å²) >= 11 is 0. The van der Waals surface area contributed by atoms with Crippen LogP contribution in [0.1, 0.15) is 48.0 Å². The second-order valence-electron chi connectivity index (χ2n) is 9.60. The first-order chi connectivity index (χ1) is 17.1. The van der Waals surface area contributed by atoms with Crippen LogP contribution in [0.5, 0.6) is 5.75 Å². The molecule has 0 bridgehead atoms. The number of likely N-dealkylation sites (N-methyl/N-ethyl adjacent to an activating group) is 1. The summed E-state index contributed by atoms with van der Waals surface area (Å²) in [5, 5.41) is 2.72. The molecule has 0 saturated carbocycles. The zero-order chi connectivity index (χ0) is 25.9. The Hall–Kier alpha value is -4.25. The number of ether oxygens (including phenoxy) is 1. The number of rotatable bonds is 4. The van der Waals surface area contributed by atoms with Gasteiger partial charge < -0.3 is 15.0 Å². The average Bonchev–Trinajstić information content (AvgIpc) is 2.96. The molecule has 1 atom stereocenters.